The molecule has 0 aromatic heterocycles. The lowest BCUT2D eigenvalue weighted by molar-refractivity contribution is -0.122. The molecule has 0 aliphatic rings. The van der Waals surface area contributed by atoms with Crippen molar-refractivity contribution in [3.8, 4) is 0 Å². The summed E-state index contributed by atoms with van der Waals surface area (Å²) >= 11 is 0. The molecule has 0 saturated heterocycles. The molecule has 0 aromatic carbocycles. The second kappa shape index (κ2) is 9.60. The minimum absolute atomic E-state index is 0.0579. The molecule has 4 nitrogen and oxygen atoms in total. The number of aliphatic hydroxyl groups excluding tert-OH is 1. The second-order valence-corrected chi connectivity index (χ2v) is 4.53. The van der Waals surface area contributed by atoms with Gasteiger partial charge in [0, 0.05) is 13.1 Å². The third-order valence-corrected chi connectivity index (χ3v) is 2.37. The highest BCUT2D eigenvalue weighted by molar-refractivity contribution is 5.77. The van der Waals surface area contributed by atoms with Crippen molar-refractivity contribution in [1.29, 1.82) is 0 Å². The summed E-state index contributed by atoms with van der Waals surface area (Å²) in [4.78, 5) is 13.5. The Morgan fingerprint density at radius 1 is 1.38 bits per heavy atom. The van der Waals surface area contributed by atoms with Crippen molar-refractivity contribution in [2.24, 2.45) is 5.92 Å². The minimum Gasteiger partial charge on any atom is -0.395 e. The molecular weight excluding hydrogens is 204 g/mol. The van der Waals surface area contributed by atoms with Crippen LogP contribution in [0.2, 0.25) is 0 Å². The molecule has 2 N–H and O–H groups in total. The van der Waals surface area contributed by atoms with Crippen LogP contribution in [0, 0.1) is 5.92 Å². The Morgan fingerprint density at radius 2 is 2.06 bits per heavy atom. The van der Waals surface area contributed by atoms with Crippen LogP contribution >= 0.6 is 0 Å². The maximum absolute atomic E-state index is 11.6. The van der Waals surface area contributed by atoms with Gasteiger partial charge in [0.2, 0.25) is 5.91 Å². The van der Waals surface area contributed by atoms with Crippen molar-refractivity contribution in [3.05, 3.63) is 0 Å². The zero-order valence-corrected chi connectivity index (χ0v) is 10.8. The lowest BCUT2D eigenvalue weighted by atomic mass is 10.1. The van der Waals surface area contributed by atoms with Crippen molar-refractivity contribution < 1.29 is 9.90 Å². The van der Waals surface area contributed by atoms with Crippen molar-refractivity contribution in [3.63, 3.8) is 0 Å². The van der Waals surface area contributed by atoms with E-state index in [2.05, 4.69) is 26.1 Å². The van der Waals surface area contributed by atoms with E-state index in [-0.39, 0.29) is 12.5 Å². The zero-order chi connectivity index (χ0) is 12.4. The predicted octanol–water partition coefficient (Wildman–Crippen LogP) is 0.853. The van der Waals surface area contributed by atoms with Crippen molar-refractivity contribution >= 4 is 5.91 Å². The van der Waals surface area contributed by atoms with E-state index in [1.165, 1.54) is 0 Å². The number of nitrogens with zero attached hydrogens (tertiary/aromatic N) is 1. The van der Waals surface area contributed by atoms with Gasteiger partial charge in [-0.2, -0.15) is 0 Å². The van der Waals surface area contributed by atoms with Crippen LogP contribution < -0.4 is 5.32 Å². The van der Waals surface area contributed by atoms with Crippen LogP contribution in [-0.2, 0) is 4.79 Å². The van der Waals surface area contributed by atoms with Gasteiger partial charge in [0.1, 0.15) is 0 Å². The molecule has 16 heavy (non-hydrogen) atoms. The normalized spacial score (nSPS) is 11.1. The highest BCUT2D eigenvalue weighted by Crippen LogP contribution is 1.96. The van der Waals surface area contributed by atoms with E-state index in [0.29, 0.717) is 19.0 Å². The van der Waals surface area contributed by atoms with Gasteiger partial charge >= 0.3 is 0 Å². The smallest absolute Gasteiger partial charge is 0.234 e. The standard InChI is InChI=1S/C12H26N2O2/c1-4-7-14(8-9-15)10-12(16)13-6-5-11(2)3/h11,15H,4-10H2,1-3H3,(H,13,16). The lowest BCUT2D eigenvalue weighted by Crippen LogP contribution is -2.39. The van der Waals surface area contributed by atoms with Crippen LogP contribution in [0.3, 0.4) is 0 Å². The summed E-state index contributed by atoms with van der Waals surface area (Å²) in [6, 6.07) is 0. The molecule has 0 spiro atoms. The van der Waals surface area contributed by atoms with Gasteiger partial charge in [-0.3, -0.25) is 9.69 Å². The molecule has 0 aromatic rings. The first-order valence-electron chi connectivity index (χ1n) is 6.20. The van der Waals surface area contributed by atoms with Gasteiger partial charge in [-0.05, 0) is 25.3 Å². The van der Waals surface area contributed by atoms with Gasteiger partial charge in [0.05, 0.1) is 13.2 Å². The number of amides is 1. The Morgan fingerprint density at radius 3 is 2.56 bits per heavy atom. The molecule has 0 unspecified atom stereocenters. The molecule has 0 atom stereocenters. The van der Waals surface area contributed by atoms with Gasteiger partial charge < -0.3 is 10.4 Å². The average molecular weight is 230 g/mol. The number of aliphatic hydroxyl groups is 1. The zero-order valence-electron chi connectivity index (χ0n) is 10.8. The van der Waals surface area contributed by atoms with Crippen LogP contribution in [0.1, 0.15) is 33.6 Å². The van der Waals surface area contributed by atoms with Crippen LogP contribution in [-0.4, -0.2) is 48.7 Å². The molecule has 0 aliphatic heterocycles. The van der Waals surface area contributed by atoms with E-state index < -0.39 is 0 Å². The fraction of sp³-hybridized carbons (Fsp3) is 0.917. The number of rotatable bonds is 9. The van der Waals surface area contributed by atoms with Gasteiger partial charge in [0.15, 0.2) is 0 Å². The molecule has 0 radical (unpaired) electrons. The summed E-state index contributed by atoms with van der Waals surface area (Å²) in [6.45, 7) is 9.04. The van der Waals surface area contributed by atoms with Crippen LogP contribution in [0.5, 0.6) is 0 Å². The third kappa shape index (κ3) is 8.68. The van der Waals surface area contributed by atoms with Gasteiger partial charge in [0.25, 0.3) is 0 Å². The largest absolute Gasteiger partial charge is 0.395 e. The van der Waals surface area contributed by atoms with Gasteiger partial charge in [-0.15, -0.1) is 0 Å². The van der Waals surface area contributed by atoms with E-state index in [9.17, 15) is 4.79 Å². The molecule has 4 heteroatoms. The molecule has 0 bridgehead atoms. The fourth-order valence-electron chi connectivity index (χ4n) is 1.49. The summed E-state index contributed by atoms with van der Waals surface area (Å²) < 4.78 is 0. The van der Waals surface area contributed by atoms with Crippen molar-refractivity contribution in [2.75, 3.05) is 32.8 Å². The number of hydrogen-bond acceptors (Lipinski definition) is 3. The Balaban J connectivity index is 3.72. The summed E-state index contributed by atoms with van der Waals surface area (Å²) in [7, 11) is 0. The van der Waals surface area contributed by atoms with Crippen LogP contribution in [0.25, 0.3) is 0 Å². The van der Waals surface area contributed by atoms with Crippen molar-refractivity contribution in [1.82, 2.24) is 10.2 Å². The van der Waals surface area contributed by atoms with Crippen molar-refractivity contribution in [2.45, 2.75) is 33.6 Å². The van der Waals surface area contributed by atoms with E-state index >= 15 is 0 Å². The Hall–Kier alpha value is -0.610. The quantitative estimate of drug-likeness (QED) is 0.617. The molecule has 0 rings (SSSR count). The average Bonchev–Trinajstić information content (AvgIpc) is 2.17. The molecule has 0 aliphatic carbocycles. The molecule has 1 amide bonds. The molecular formula is C12H26N2O2. The maximum atomic E-state index is 11.6. The third-order valence-electron chi connectivity index (χ3n) is 2.37. The molecule has 0 saturated carbocycles. The first-order chi connectivity index (χ1) is 7.60. The predicted molar refractivity (Wildman–Crippen MR) is 66.3 cm³/mol. The van der Waals surface area contributed by atoms with E-state index in [0.717, 1.165) is 25.9 Å². The first-order valence-corrected chi connectivity index (χ1v) is 6.20. The second-order valence-electron chi connectivity index (χ2n) is 4.53. The Labute approximate surface area is 99.0 Å². The molecule has 0 fully saturated rings. The van der Waals surface area contributed by atoms with Gasteiger partial charge in [-0.25, -0.2) is 0 Å². The highest BCUT2D eigenvalue weighted by Gasteiger charge is 2.08. The van der Waals surface area contributed by atoms with E-state index in [1.807, 2.05) is 4.90 Å². The summed E-state index contributed by atoms with van der Waals surface area (Å²) in [5, 5.41) is 11.8. The topological polar surface area (TPSA) is 52.6 Å². The SMILES string of the molecule is CCCN(CCO)CC(=O)NCCC(C)C. The van der Waals surface area contributed by atoms with Crippen LogP contribution in [0.4, 0.5) is 0 Å². The fourth-order valence-corrected chi connectivity index (χ4v) is 1.49. The Kier molecular flexibility index (Phi) is 9.24. The summed E-state index contributed by atoms with van der Waals surface area (Å²) in [5.74, 6) is 0.673. The van der Waals surface area contributed by atoms with E-state index in [1.54, 1.807) is 0 Å². The first kappa shape index (κ1) is 15.4. The maximum Gasteiger partial charge on any atom is 0.234 e. The number of hydrogen-bond donors (Lipinski definition) is 2. The monoisotopic (exact) mass is 230 g/mol. The Bertz CT molecular complexity index is 178. The number of carbonyl (C=O) groups excluding carboxylic acids is 1. The molecule has 0 heterocycles. The van der Waals surface area contributed by atoms with Gasteiger partial charge in [-0.1, -0.05) is 20.8 Å². The summed E-state index contributed by atoms with van der Waals surface area (Å²) in [5.41, 5.74) is 0. The van der Waals surface area contributed by atoms with E-state index in [4.69, 9.17) is 5.11 Å². The highest BCUT2D eigenvalue weighted by atomic mass is 16.3. The minimum atomic E-state index is 0.0579. The lowest BCUT2D eigenvalue weighted by Gasteiger charge is -2.19. The summed E-state index contributed by atoms with van der Waals surface area (Å²) in [6.07, 6.45) is 2.01. The van der Waals surface area contributed by atoms with Crippen LogP contribution in [0.15, 0.2) is 0 Å². The molecule has 96 valence electrons. The number of carbonyl (C=O) groups is 1. The number of nitrogens with one attached hydrogen (secondary N) is 1.